The van der Waals surface area contributed by atoms with Gasteiger partial charge >= 0.3 is 11.9 Å². The number of aliphatic carboxylic acids is 2. The molecule has 11 heavy (non-hydrogen) atoms. The second-order valence-electron chi connectivity index (χ2n) is 1.94. The van der Waals surface area contributed by atoms with Gasteiger partial charge < -0.3 is 14.9 Å². The van der Waals surface area contributed by atoms with Gasteiger partial charge in [0.2, 0.25) is 0 Å². The van der Waals surface area contributed by atoms with Crippen molar-refractivity contribution in [2.24, 2.45) is 0 Å². The van der Waals surface area contributed by atoms with E-state index in [1.807, 2.05) is 0 Å². The molecule has 0 aliphatic heterocycles. The van der Waals surface area contributed by atoms with Gasteiger partial charge in [0.15, 0.2) is 6.10 Å². The van der Waals surface area contributed by atoms with E-state index in [9.17, 15) is 9.59 Å². The molecule has 0 heterocycles. The van der Waals surface area contributed by atoms with Crippen LogP contribution in [0.4, 0.5) is 0 Å². The number of carboxylic acid groups (broad SMARTS) is 2. The van der Waals surface area contributed by atoms with Crippen molar-refractivity contribution in [3.05, 3.63) is 0 Å². The van der Waals surface area contributed by atoms with Crippen molar-refractivity contribution in [1.82, 2.24) is 0 Å². The second-order valence-corrected chi connectivity index (χ2v) is 1.94. The molecule has 0 aromatic carbocycles. The zero-order valence-electron chi connectivity index (χ0n) is 6.11. The largest absolute Gasteiger partial charge is 0.480 e. The first kappa shape index (κ1) is 9.90. The minimum Gasteiger partial charge on any atom is -0.480 e. The van der Waals surface area contributed by atoms with Crippen LogP contribution in [0.1, 0.15) is 13.3 Å². The molecule has 2 N–H and O–H groups in total. The summed E-state index contributed by atoms with van der Waals surface area (Å²) in [6.07, 6.45) is -0.742. The normalized spacial score (nSPS) is 12.5. The van der Waals surface area contributed by atoms with Gasteiger partial charge in [0.25, 0.3) is 0 Å². The molecule has 0 rings (SSSR count). The third kappa shape index (κ3) is 4.32. The van der Waals surface area contributed by atoms with Gasteiger partial charge in [0.05, 0.1) is 0 Å². The molecular formula is C6H10O5. The summed E-state index contributed by atoms with van der Waals surface area (Å²) in [6, 6.07) is 0. The molecule has 0 amide bonds. The summed E-state index contributed by atoms with van der Waals surface area (Å²) in [5.41, 5.74) is 0. The molecule has 5 heteroatoms. The summed E-state index contributed by atoms with van der Waals surface area (Å²) in [4.78, 5) is 20.1. The highest BCUT2D eigenvalue weighted by Gasteiger charge is 2.16. The summed E-state index contributed by atoms with van der Waals surface area (Å²) in [5.74, 6) is -2.29. The molecular weight excluding hydrogens is 152 g/mol. The van der Waals surface area contributed by atoms with Gasteiger partial charge in [-0.3, -0.25) is 0 Å². The SMILES string of the molecule is CCC(OCC(=O)O)C(=O)O. The van der Waals surface area contributed by atoms with E-state index in [0.717, 1.165) is 0 Å². The molecule has 1 unspecified atom stereocenters. The van der Waals surface area contributed by atoms with Gasteiger partial charge in [-0.15, -0.1) is 0 Å². The summed E-state index contributed by atoms with van der Waals surface area (Å²) >= 11 is 0. The fourth-order valence-corrected chi connectivity index (χ4v) is 0.536. The van der Waals surface area contributed by atoms with Crippen LogP contribution in [-0.2, 0) is 14.3 Å². The number of hydrogen-bond acceptors (Lipinski definition) is 3. The van der Waals surface area contributed by atoms with Gasteiger partial charge in [0, 0.05) is 0 Å². The van der Waals surface area contributed by atoms with Crippen molar-refractivity contribution >= 4 is 11.9 Å². The third-order valence-corrected chi connectivity index (χ3v) is 1.05. The third-order valence-electron chi connectivity index (χ3n) is 1.05. The van der Waals surface area contributed by atoms with Crippen molar-refractivity contribution < 1.29 is 24.5 Å². The van der Waals surface area contributed by atoms with Crippen molar-refractivity contribution in [3.8, 4) is 0 Å². The van der Waals surface area contributed by atoms with Crippen LogP contribution in [0.2, 0.25) is 0 Å². The van der Waals surface area contributed by atoms with E-state index >= 15 is 0 Å². The summed E-state index contributed by atoms with van der Waals surface area (Å²) in [5, 5.41) is 16.5. The van der Waals surface area contributed by atoms with Crippen LogP contribution >= 0.6 is 0 Å². The smallest absolute Gasteiger partial charge is 0.332 e. The second kappa shape index (κ2) is 4.68. The molecule has 5 nitrogen and oxygen atoms in total. The number of carboxylic acids is 2. The molecule has 0 saturated carbocycles. The molecule has 0 spiro atoms. The van der Waals surface area contributed by atoms with Crippen LogP contribution < -0.4 is 0 Å². The lowest BCUT2D eigenvalue weighted by molar-refractivity contribution is -0.156. The standard InChI is InChI=1S/C6H10O5/c1-2-4(6(9)10)11-3-5(7)8/h4H,2-3H2,1H3,(H,7,8)(H,9,10). The Kier molecular flexibility index (Phi) is 4.21. The Morgan fingerprint density at radius 2 is 2.00 bits per heavy atom. The Morgan fingerprint density at radius 1 is 1.45 bits per heavy atom. The minimum absolute atomic E-state index is 0.266. The van der Waals surface area contributed by atoms with E-state index in [-0.39, 0.29) is 6.42 Å². The van der Waals surface area contributed by atoms with Crippen LogP contribution in [0, 0.1) is 0 Å². The molecule has 64 valence electrons. The number of ether oxygens (including phenoxy) is 1. The topological polar surface area (TPSA) is 83.8 Å². The van der Waals surface area contributed by atoms with Crippen LogP contribution in [0.25, 0.3) is 0 Å². The highest BCUT2D eigenvalue weighted by Crippen LogP contribution is 1.96. The Hall–Kier alpha value is -1.10. The van der Waals surface area contributed by atoms with Crippen molar-refractivity contribution in [3.63, 3.8) is 0 Å². The minimum atomic E-state index is -1.16. The first-order valence-corrected chi connectivity index (χ1v) is 3.14. The molecule has 1 atom stereocenters. The lowest BCUT2D eigenvalue weighted by Gasteiger charge is -2.07. The van der Waals surface area contributed by atoms with E-state index in [1.165, 1.54) is 0 Å². The molecule has 0 radical (unpaired) electrons. The van der Waals surface area contributed by atoms with Crippen LogP contribution in [0.15, 0.2) is 0 Å². The molecule has 0 aliphatic rings. The fraction of sp³-hybridized carbons (Fsp3) is 0.667. The van der Waals surface area contributed by atoms with Crippen molar-refractivity contribution in [1.29, 1.82) is 0 Å². The highest BCUT2D eigenvalue weighted by molar-refractivity contribution is 5.73. The highest BCUT2D eigenvalue weighted by atomic mass is 16.5. The predicted molar refractivity (Wildman–Crippen MR) is 35.3 cm³/mol. The van der Waals surface area contributed by atoms with Crippen LogP contribution in [-0.4, -0.2) is 34.9 Å². The molecule has 0 aliphatic carbocycles. The quantitative estimate of drug-likeness (QED) is 0.592. The van der Waals surface area contributed by atoms with Gasteiger partial charge in [-0.1, -0.05) is 6.92 Å². The molecule has 0 aromatic rings. The Bertz CT molecular complexity index is 153. The Labute approximate surface area is 63.6 Å². The van der Waals surface area contributed by atoms with E-state index in [0.29, 0.717) is 0 Å². The number of carbonyl (C=O) groups is 2. The van der Waals surface area contributed by atoms with Gasteiger partial charge in [-0.2, -0.15) is 0 Å². The Balaban J connectivity index is 3.70. The van der Waals surface area contributed by atoms with Crippen LogP contribution in [0.3, 0.4) is 0 Å². The molecule has 0 aromatic heterocycles. The van der Waals surface area contributed by atoms with Crippen molar-refractivity contribution in [2.75, 3.05) is 6.61 Å². The average molecular weight is 162 g/mol. The summed E-state index contributed by atoms with van der Waals surface area (Å²) < 4.78 is 4.52. The monoisotopic (exact) mass is 162 g/mol. The summed E-state index contributed by atoms with van der Waals surface area (Å²) in [6.45, 7) is 1.05. The molecule has 0 bridgehead atoms. The van der Waals surface area contributed by atoms with Crippen molar-refractivity contribution in [2.45, 2.75) is 19.4 Å². The zero-order valence-corrected chi connectivity index (χ0v) is 6.11. The summed E-state index contributed by atoms with van der Waals surface area (Å²) in [7, 11) is 0. The first-order valence-electron chi connectivity index (χ1n) is 3.14. The Morgan fingerprint density at radius 3 is 2.27 bits per heavy atom. The fourth-order valence-electron chi connectivity index (χ4n) is 0.536. The molecule has 0 fully saturated rings. The first-order chi connectivity index (χ1) is 5.07. The number of rotatable bonds is 5. The van der Waals surface area contributed by atoms with E-state index in [4.69, 9.17) is 10.2 Å². The predicted octanol–water partition coefficient (Wildman–Crippen LogP) is -0.0492. The average Bonchev–Trinajstić information content (AvgIpc) is 1.87. The maximum Gasteiger partial charge on any atom is 0.332 e. The maximum atomic E-state index is 10.2. The van der Waals surface area contributed by atoms with Gasteiger partial charge in [0.1, 0.15) is 6.61 Å². The molecule has 0 saturated heterocycles. The van der Waals surface area contributed by atoms with Gasteiger partial charge in [-0.05, 0) is 6.42 Å². The zero-order chi connectivity index (χ0) is 8.85. The maximum absolute atomic E-state index is 10.2. The van der Waals surface area contributed by atoms with E-state index in [1.54, 1.807) is 6.92 Å². The van der Waals surface area contributed by atoms with E-state index in [2.05, 4.69) is 4.74 Å². The number of hydrogen-bond donors (Lipinski definition) is 2. The van der Waals surface area contributed by atoms with E-state index < -0.39 is 24.6 Å². The lowest BCUT2D eigenvalue weighted by Crippen LogP contribution is -2.25. The van der Waals surface area contributed by atoms with Crippen LogP contribution in [0.5, 0.6) is 0 Å². The lowest BCUT2D eigenvalue weighted by atomic mass is 10.3. The van der Waals surface area contributed by atoms with Gasteiger partial charge in [-0.25, -0.2) is 9.59 Å².